The molecule has 16 nitrogen and oxygen atoms in total. The highest BCUT2D eigenvalue weighted by atomic mass is 35.5. The summed E-state index contributed by atoms with van der Waals surface area (Å²) in [5, 5.41) is 5.00. The molecule has 1 amide bonds. The van der Waals surface area contributed by atoms with Crippen LogP contribution in [0.15, 0.2) is 52.2 Å². The normalized spacial score (nSPS) is 23.1. The van der Waals surface area contributed by atoms with Gasteiger partial charge in [0.2, 0.25) is 0 Å². The van der Waals surface area contributed by atoms with E-state index in [1.165, 1.54) is 19.1 Å². The molecular weight excluding hydrogens is 698 g/mol. The van der Waals surface area contributed by atoms with Gasteiger partial charge in [-0.1, -0.05) is 32.0 Å². The maximum Gasteiger partial charge on any atom is 0.459 e. The number of nitrogens with zero attached hydrogens (tertiary/aromatic N) is 1. The number of hydrogen-bond acceptors (Lipinski definition) is 12. The van der Waals surface area contributed by atoms with E-state index in [1.54, 1.807) is 66.7 Å². The molecule has 1 aromatic carbocycles. The van der Waals surface area contributed by atoms with Gasteiger partial charge in [-0.05, 0) is 59.6 Å². The molecule has 1 aliphatic rings. The molecule has 1 aromatic heterocycles. The summed E-state index contributed by atoms with van der Waals surface area (Å²) in [5.41, 5.74) is -2.54. The number of amides is 1. The third-order valence-corrected chi connectivity index (χ3v) is 8.88. The number of carbonyl (C=O) groups excluding carboxylic acids is 3. The van der Waals surface area contributed by atoms with Gasteiger partial charge in [-0.15, -0.1) is 11.6 Å². The van der Waals surface area contributed by atoms with Crippen LogP contribution in [-0.2, 0) is 37.6 Å². The molecule has 2 radical (unpaired) electrons. The summed E-state index contributed by atoms with van der Waals surface area (Å²) in [4.78, 5) is 65.4. The number of alkyl carbamates (subject to hydrolysis) is 1. The number of halogens is 1. The van der Waals surface area contributed by atoms with E-state index in [4.69, 9.17) is 47.4 Å². The van der Waals surface area contributed by atoms with Gasteiger partial charge in [0.05, 0.1) is 17.5 Å². The van der Waals surface area contributed by atoms with Crippen LogP contribution in [0, 0.1) is 5.92 Å². The Morgan fingerprint density at radius 1 is 1.08 bits per heavy atom. The Balaban J connectivity index is 1.98. The fourth-order valence-electron chi connectivity index (χ4n) is 4.59. The number of benzene rings is 1. The first-order valence-electron chi connectivity index (χ1n) is 15.7. The smallest absolute Gasteiger partial charge is 0.459 e. The number of esters is 2. The highest BCUT2D eigenvalue weighted by Gasteiger charge is 2.57. The van der Waals surface area contributed by atoms with Crippen LogP contribution < -0.4 is 26.2 Å². The van der Waals surface area contributed by atoms with Crippen molar-refractivity contribution in [2.75, 3.05) is 6.61 Å². The number of alkyl halides is 1. The van der Waals surface area contributed by atoms with Gasteiger partial charge in [0.15, 0.2) is 6.23 Å². The molecule has 1 fully saturated rings. The van der Waals surface area contributed by atoms with Crippen LogP contribution in [0.25, 0.3) is 0 Å². The lowest BCUT2D eigenvalue weighted by atomic mass is 9.79. The predicted molar refractivity (Wildman–Crippen MR) is 182 cm³/mol. The number of aromatic nitrogens is 2. The number of ether oxygens (including phenoxy) is 4. The summed E-state index contributed by atoms with van der Waals surface area (Å²) in [7, 11) is 2.03. The fraction of sp³-hybridized carbons (Fsp3) is 0.581. The molecule has 3 rings (SSSR count). The Labute approximate surface area is 295 Å². The van der Waals surface area contributed by atoms with Gasteiger partial charge >= 0.3 is 31.5 Å². The van der Waals surface area contributed by atoms with Gasteiger partial charge in [-0.3, -0.25) is 23.7 Å². The van der Waals surface area contributed by atoms with E-state index in [0.29, 0.717) is 0 Å². The maximum atomic E-state index is 14.2. The van der Waals surface area contributed by atoms with Gasteiger partial charge < -0.3 is 28.8 Å². The second-order valence-corrected chi connectivity index (χ2v) is 15.5. The van der Waals surface area contributed by atoms with Crippen LogP contribution in [-0.4, -0.2) is 82.8 Å². The van der Waals surface area contributed by atoms with Crippen LogP contribution in [0.4, 0.5) is 4.79 Å². The molecule has 2 heterocycles. The molecule has 1 unspecified atom stereocenters. The number of nitrogens with one attached hydrogen (secondary N) is 3. The van der Waals surface area contributed by atoms with Crippen molar-refractivity contribution in [3.05, 3.63) is 63.4 Å². The van der Waals surface area contributed by atoms with Crippen LogP contribution >= 0.6 is 19.3 Å². The fourth-order valence-corrected chi connectivity index (χ4v) is 6.43. The van der Waals surface area contributed by atoms with Crippen molar-refractivity contribution < 1.29 is 46.9 Å². The molecule has 7 atom stereocenters. The Bertz CT molecular complexity index is 1660. The van der Waals surface area contributed by atoms with Crippen LogP contribution in [0.3, 0.4) is 0 Å². The zero-order valence-electron chi connectivity index (χ0n) is 29.0. The van der Waals surface area contributed by atoms with E-state index in [2.05, 4.69) is 15.4 Å². The number of H-pyrrole nitrogens is 1. The molecule has 0 saturated carbocycles. The third kappa shape index (κ3) is 11.2. The zero-order valence-corrected chi connectivity index (χ0v) is 30.7. The quantitative estimate of drug-likeness (QED) is 0.0839. The van der Waals surface area contributed by atoms with E-state index in [1.807, 2.05) is 0 Å². The summed E-state index contributed by atoms with van der Waals surface area (Å²) in [6, 6.07) is 6.49. The second kappa shape index (κ2) is 16.6. The summed E-state index contributed by atoms with van der Waals surface area (Å²) in [6.07, 6.45) is -4.97. The van der Waals surface area contributed by atoms with Crippen molar-refractivity contribution in [3.8, 4) is 5.75 Å². The van der Waals surface area contributed by atoms with Gasteiger partial charge in [-0.2, -0.15) is 5.09 Å². The lowest BCUT2D eigenvalue weighted by Crippen LogP contribution is -2.52. The number of para-hydroxylation sites is 1. The molecule has 1 saturated heterocycles. The maximum absolute atomic E-state index is 14.2. The van der Waals surface area contributed by atoms with Gasteiger partial charge in [0.1, 0.15) is 43.5 Å². The van der Waals surface area contributed by atoms with Crippen LogP contribution in [0.5, 0.6) is 5.75 Å². The van der Waals surface area contributed by atoms with Gasteiger partial charge in [0, 0.05) is 12.3 Å². The molecule has 19 heteroatoms. The Morgan fingerprint density at radius 3 is 2.28 bits per heavy atom. The zero-order chi connectivity index (χ0) is 37.6. The lowest BCUT2D eigenvalue weighted by Gasteiger charge is -2.32. The molecule has 0 spiro atoms. The Hall–Kier alpha value is -3.63. The second-order valence-electron chi connectivity index (χ2n) is 13.1. The Kier molecular flexibility index (Phi) is 13.5. The minimum absolute atomic E-state index is 0.110. The van der Waals surface area contributed by atoms with Crippen molar-refractivity contribution in [1.82, 2.24) is 20.0 Å². The molecule has 0 aliphatic carbocycles. The summed E-state index contributed by atoms with van der Waals surface area (Å²) < 4.78 is 46.5. The van der Waals surface area contributed by atoms with Crippen molar-refractivity contribution in [2.45, 2.75) is 102 Å². The number of carbonyl (C=O) groups is 3. The van der Waals surface area contributed by atoms with E-state index < -0.39 is 96.6 Å². The molecule has 1 aliphatic heterocycles. The molecule has 50 heavy (non-hydrogen) atoms. The molecule has 0 bridgehead atoms. The number of rotatable bonds is 14. The van der Waals surface area contributed by atoms with E-state index in [-0.39, 0.29) is 5.75 Å². The minimum Gasteiger partial charge on any atom is -0.462 e. The average molecular weight is 741 g/mol. The highest BCUT2D eigenvalue weighted by Crippen LogP contribution is 2.48. The molecular formula is C31H43BClN4O12P. The van der Waals surface area contributed by atoms with Crippen molar-refractivity contribution >= 4 is 45.2 Å². The molecule has 274 valence electrons. The van der Waals surface area contributed by atoms with Gasteiger partial charge in [-0.25, -0.2) is 18.9 Å². The largest absolute Gasteiger partial charge is 0.462 e. The summed E-state index contributed by atoms with van der Waals surface area (Å²) in [6.45, 7) is 12.2. The topological polar surface area (TPSA) is 203 Å². The van der Waals surface area contributed by atoms with Gasteiger partial charge in [0.25, 0.3) is 5.56 Å². The van der Waals surface area contributed by atoms with Crippen LogP contribution in [0.1, 0.15) is 61.6 Å². The van der Waals surface area contributed by atoms with Crippen LogP contribution in [0.2, 0.25) is 0 Å². The number of aromatic amines is 1. The monoisotopic (exact) mass is 740 g/mol. The Morgan fingerprint density at radius 2 is 1.72 bits per heavy atom. The first-order chi connectivity index (χ1) is 23.1. The SMILES string of the molecule is [B][C@]1(Cl)[C@H](OC(=O)[C@@H](NC(=O)OC(C)(C)C)C(C)C)[C@@H](COP(=O)(N[C@@H](C)C(=O)OC(C)C)Oc2ccccc2)O[C@H]1n1ccc(=O)[nH]c1=O. The van der Waals surface area contributed by atoms with E-state index >= 15 is 0 Å². The third-order valence-electron chi connectivity index (χ3n) is 6.83. The first-order valence-corrected chi connectivity index (χ1v) is 17.7. The average Bonchev–Trinajstić information content (AvgIpc) is 3.22. The first kappa shape index (κ1) is 40.8. The standard InChI is InChI=1S/C31H43BClN4O12P/c1-17(2)23(35-29(42)48-30(6,7)8)26(40)47-24-21(46-27(31(24,32)33)37-15-14-22(38)34-28(37)41)16-44-50(43,49-20-12-10-9-11-13-20)36-19(5)25(39)45-18(3)4/h9-15,17-19,21,23-24,27H,16H2,1-8H3,(H,35,42)(H,36,43)(H,34,38,41)/t19-,21+,23-,24+,27+,31-,50?/m0/s1. The number of hydrogen-bond donors (Lipinski definition) is 3. The van der Waals surface area contributed by atoms with Crippen molar-refractivity contribution in [1.29, 1.82) is 0 Å². The summed E-state index contributed by atoms with van der Waals surface area (Å²) >= 11 is 6.80. The highest BCUT2D eigenvalue weighted by molar-refractivity contribution is 7.52. The van der Waals surface area contributed by atoms with E-state index in [0.717, 1.165) is 16.8 Å². The summed E-state index contributed by atoms with van der Waals surface area (Å²) in [5.74, 6) is -2.16. The predicted octanol–water partition coefficient (Wildman–Crippen LogP) is 3.13. The minimum atomic E-state index is -4.48. The van der Waals surface area contributed by atoms with E-state index in [9.17, 15) is 28.5 Å². The molecule has 3 N–H and O–H groups in total. The van der Waals surface area contributed by atoms with Crippen molar-refractivity contribution in [3.63, 3.8) is 0 Å². The molecule has 2 aromatic rings. The lowest BCUT2D eigenvalue weighted by molar-refractivity contribution is -0.157. The van der Waals surface area contributed by atoms with Crippen molar-refractivity contribution in [2.24, 2.45) is 5.92 Å².